The normalized spacial score (nSPS) is 13.1. The fourth-order valence-corrected chi connectivity index (χ4v) is 2.03. The molecule has 0 radical (unpaired) electrons. The minimum atomic E-state index is 0.0729. The molecule has 0 unspecified atom stereocenters. The lowest BCUT2D eigenvalue weighted by molar-refractivity contribution is 1.09. The molecule has 0 aromatic heterocycles. The summed E-state index contributed by atoms with van der Waals surface area (Å²) in [6, 6.07) is 14.6. The highest BCUT2D eigenvalue weighted by Gasteiger charge is 2.04. The second-order valence-electron chi connectivity index (χ2n) is 2.97. The van der Waals surface area contributed by atoms with Crippen LogP contribution >= 0.6 is 22.6 Å². The Morgan fingerprint density at radius 3 is 2.46 bits per heavy atom. The van der Waals surface area contributed by atoms with Crippen LogP contribution in [0.25, 0.3) is 10.8 Å². The Bertz CT molecular complexity index is 418. The third-order valence-corrected chi connectivity index (χ3v) is 2.79. The van der Waals surface area contributed by atoms with Gasteiger partial charge in [0, 0.05) is 0 Å². The summed E-state index contributed by atoms with van der Waals surface area (Å²) >= 11 is 2.23. The number of nitrogens with two attached hydrogens (primary N) is 1. The highest BCUT2D eigenvalue weighted by molar-refractivity contribution is 14.1. The Balaban J connectivity index is 2.76. The van der Waals surface area contributed by atoms with E-state index in [2.05, 4.69) is 52.9 Å². The molecule has 1 atom stereocenters. The third-order valence-electron chi connectivity index (χ3n) is 2.12. The topological polar surface area (TPSA) is 26.0 Å². The summed E-state index contributed by atoms with van der Waals surface area (Å²) < 4.78 is 0.0729. The van der Waals surface area contributed by atoms with Crippen molar-refractivity contribution in [3.63, 3.8) is 0 Å². The predicted octanol–water partition coefficient (Wildman–Crippen LogP) is 3.23. The van der Waals surface area contributed by atoms with E-state index in [9.17, 15) is 0 Å². The Hall–Kier alpha value is -0.610. The summed E-state index contributed by atoms with van der Waals surface area (Å²) in [7, 11) is 0. The van der Waals surface area contributed by atoms with Gasteiger partial charge in [-0.2, -0.15) is 0 Å². The SMILES string of the molecule is N[C@H](I)c1cccc2ccccc12. The smallest absolute Gasteiger partial charge is 0.0830 e. The Kier molecular flexibility index (Phi) is 2.51. The fraction of sp³-hybridized carbons (Fsp3) is 0.0909. The van der Waals surface area contributed by atoms with Gasteiger partial charge < -0.3 is 5.73 Å². The van der Waals surface area contributed by atoms with E-state index in [1.807, 2.05) is 12.1 Å². The van der Waals surface area contributed by atoms with Gasteiger partial charge in [-0.15, -0.1) is 0 Å². The molecule has 2 N–H and O–H groups in total. The first kappa shape index (κ1) is 8.97. The molecule has 0 aliphatic rings. The molecule has 2 aromatic rings. The first-order valence-corrected chi connectivity index (χ1v) is 5.41. The zero-order valence-corrected chi connectivity index (χ0v) is 9.23. The Labute approximate surface area is 91.1 Å². The molecule has 0 saturated carbocycles. The van der Waals surface area contributed by atoms with E-state index in [0.29, 0.717) is 0 Å². The molecule has 0 bridgehead atoms. The van der Waals surface area contributed by atoms with Crippen LogP contribution < -0.4 is 5.73 Å². The van der Waals surface area contributed by atoms with Crippen LogP contribution in [-0.2, 0) is 0 Å². The summed E-state index contributed by atoms with van der Waals surface area (Å²) in [5, 5.41) is 2.51. The van der Waals surface area contributed by atoms with Gasteiger partial charge in [0.1, 0.15) is 0 Å². The largest absolute Gasteiger partial charge is 0.316 e. The van der Waals surface area contributed by atoms with Gasteiger partial charge in [-0.3, -0.25) is 0 Å². The van der Waals surface area contributed by atoms with E-state index in [0.717, 1.165) is 0 Å². The minimum Gasteiger partial charge on any atom is -0.316 e. The van der Waals surface area contributed by atoms with Gasteiger partial charge in [-0.25, -0.2) is 0 Å². The molecule has 0 saturated heterocycles. The maximum absolute atomic E-state index is 5.87. The second-order valence-corrected chi connectivity index (χ2v) is 4.31. The van der Waals surface area contributed by atoms with Crippen LogP contribution in [0.4, 0.5) is 0 Å². The molecule has 2 aromatic carbocycles. The van der Waals surface area contributed by atoms with Gasteiger partial charge in [-0.1, -0.05) is 65.1 Å². The molecule has 0 aliphatic carbocycles. The average molecular weight is 283 g/mol. The first-order chi connectivity index (χ1) is 6.29. The van der Waals surface area contributed by atoms with Crippen molar-refractivity contribution in [3.05, 3.63) is 48.0 Å². The molecule has 13 heavy (non-hydrogen) atoms. The molecule has 2 rings (SSSR count). The van der Waals surface area contributed by atoms with Crippen LogP contribution in [0.1, 0.15) is 9.61 Å². The highest BCUT2D eigenvalue weighted by Crippen LogP contribution is 2.25. The Morgan fingerprint density at radius 1 is 1.00 bits per heavy atom. The number of halogens is 1. The lowest BCUT2D eigenvalue weighted by atomic mass is 10.1. The van der Waals surface area contributed by atoms with E-state index >= 15 is 0 Å². The number of rotatable bonds is 1. The zero-order chi connectivity index (χ0) is 9.26. The monoisotopic (exact) mass is 283 g/mol. The lowest BCUT2D eigenvalue weighted by Crippen LogP contribution is -2.01. The standard InChI is InChI=1S/C11H10IN/c12-11(13)10-7-3-5-8-4-1-2-6-9(8)10/h1-7,11H,13H2/t11-/m0/s1. The molecule has 0 amide bonds. The van der Waals surface area contributed by atoms with Gasteiger partial charge in [0.25, 0.3) is 0 Å². The van der Waals surface area contributed by atoms with E-state index in [4.69, 9.17) is 5.73 Å². The summed E-state index contributed by atoms with van der Waals surface area (Å²) in [6.07, 6.45) is 0. The van der Waals surface area contributed by atoms with E-state index in [-0.39, 0.29) is 4.05 Å². The van der Waals surface area contributed by atoms with Crippen LogP contribution in [0.2, 0.25) is 0 Å². The molecule has 66 valence electrons. The molecule has 1 nitrogen and oxygen atoms in total. The lowest BCUT2D eigenvalue weighted by Gasteiger charge is -2.07. The molecule has 2 heteroatoms. The molecule has 0 aliphatic heterocycles. The van der Waals surface area contributed by atoms with Crippen LogP contribution in [0.5, 0.6) is 0 Å². The van der Waals surface area contributed by atoms with Crippen LogP contribution in [0, 0.1) is 0 Å². The van der Waals surface area contributed by atoms with Gasteiger partial charge in [0.2, 0.25) is 0 Å². The van der Waals surface area contributed by atoms with E-state index < -0.39 is 0 Å². The van der Waals surface area contributed by atoms with Crippen molar-refractivity contribution < 1.29 is 0 Å². The van der Waals surface area contributed by atoms with E-state index in [1.54, 1.807) is 0 Å². The van der Waals surface area contributed by atoms with Crippen LogP contribution in [-0.4, -0.2) is 0 Å². The highest BCUT2D eigenvalue weighted by atomic mass is 127. The summed E-state index contributed by atoms with van der Waals surface area (Å²) in [6.45, 7) is 0. The van der Waals surface area contributed by atoms with Crippen molar-refractivity contribution in [2.75, 3.05) is 0 Å². The molecule has 0 spiro atoms. The van der Waals surface area contributed by atoms with Crippen LogP contribution in [0.15, 0.2) is 42.5 Å². The quantitative estimate of drug-likeness (QED) is 0.485. The average Bonchev–Trinajstić information content (AvgIpc) is 2.17. The van der Waals surface area contributed by atoms with Crippen molar-refractivity contribution in [1.82, 2.24) is 0 Å². The minimum absolute atomic E-state index is 0.0729. The summed E-state index contributed by atoms with van der Waals surface area (Å²) in [5.41, 5.74) is 7.07. The molecular weight excluding hydrogens is 273 g/mol. The summed E-state index contributed by atoms with van der Waals surface area (Å²) in [5.74, 6) is 0. The van der Waals surface area contributed by atoms with Crippen molar-refractivity contribution in [2.45, 2.75) is 4.05 Å². The van der Waals surface area contributed by atoms with Gasteiger partial charge in [-0.05, 0) is 16.3 Å². The second kappa shape index (κ2) is 3.64. The number of alkyl halides is 1. The predicted molar refractivity (Wildman–Crippen MR) is 64.9 cm³/mol. The maximum atomic E-state index is 5.87. The molecular formula is C11H10IN. The number of benzene rings is 2. The van der Waals surface area contributed by atoms with Gasteiger partial charge in [0.05, 0.1) is 4.05 Å². The van der Waals surface area contributed by atoms with Gasteiger partial charge >= 0.3 is 0 Å². The van der Waals surface area contributed by atoms with E-state index in [1.165, 1.54) is 16.3 Å². The zero-order valence-electron chi connectivity index (χ0n) is 7.07. The van der Waals surface area contributed by atoms with Crippen molar-refractivity contribution in [3.8, 4) is 0 Å². The first-order valence-electron chi connectivity index (χ1n) is 4.16. The van der Waals surface area contributed by atoms with Gasteiger partial charge in [0.15, 0.2) is 0 Å². The van der Waals surface area contributed by atoms with Crippen molar-refractivity contribution in [2.24, 2.45) is 5.73 Å². The maximum Gasteiger partial charge on any atom is 0.0830 e. The number of fused-ring (bicyclic) bond motifs is 1. The fourth-order valence-electron chi connectivity index (χ4n) is 1.49. The van der Waals surface area contributed by atoms with Crippen molar-refractivity contribution >= 4 is 33.4 Å². The van der Waals surface area contributed by atoms with Crippen molar-refractivity contribution in [1.29, 1.82) is 0 Å². The van der Waals surface area contributed by atoms with Crippen LogP contribution in [0.3, 0.4) is 0 Å². The Morgan fingerprint density at radius 2 is 1.69 bits per heavy atom. The summed E-state index contributed by atoms with van der Waals surface area (Å²) in [4.78, 5) is 0. The number of hydrogen-bond donors (Lipinski definition) is 1. The molecule has 0 heterocycles. The third kappa shape index (κ3) is 1.69. The number of hydrogen-bond acceptors (Lipinski definition) is 1. The molecule has 0 fully saturated rings.